The molecule has 0 amide bonds. The molecule has 0 heterocycles. The van der Waals surface area contributed by atoms with E-state index in [0.717, 1.165) is 0 Å². The third kappa shape index (κ3) is 22.0. The first kappa shape index (κ1) is 2.73. The Bertz CT molecular complexity index is 47.6. The molecule has 0 atom stereocenters. The van der Waals surface area contributed by atoms with Crippen LogP contribution >= 0.6 is 7.96 Å². The Morgan fingerprint density at radius 2 is 2.25 bits per heavy atom. The fourth-order valence-corrected chi connectivity index (χ4v) is 0. The summed E-state index contributed by atoms with van der Waals surface area (Å²) >= 11 is 0. The highest BCUT2D eigenvalue weighted by Gasteiger charge is 1.63. The molecule has 0 aliphatic carbocycles. The van der Waals surface area contributed by atoms with E-state index in [-0.39, 0.29) is 0 Å². The average molecular weight is 104 g/mol. The normalized spacial score (nSPS) is 13.2. The smallest absolute Gasteiger partial charge is 0.135 e. The van der Waals surface area contributed by atoms with Gasteiger partial charge in [-0.25, -0.2) is 0 Å². The molecule has 0 N–H and O–H groups in total. The Kier molecular flexibility index (Phi) is 1.23. The predicted molar refractivity (Wildman–Crippen MR) is 17.9 cm³/mol. The van der Waals surface area contributed by atoms with Gasteiger partial charge in [-0.05, 0) is 7.96 Å². The molecule has 4 heteroatoms. The van der Waals surface area contributed by atoms with Crippen molar-refractivity contribution in [1.29, 1.82) is 1.28 Å². The van der Waals surface area contributed by atoms with E-state index in [2.05, 4.69) is 0 Å². The molecule has 0 radical (unpaired) electrons. The van der Waals surface area contributed by atoms with Gasteiger partial charge in [-0.3, -0.25) is 0 Å². The third-order valence-electron chi connectivity index (χ3n) is 0. The molecule has 0 aliphatic rings. The van der Waals surface area contributed by atoms with Gasteiger partial charge in [0.1, 0.15) is 1.28 Å². The van der Waals surface area contributed by atoms with Gasteiger partial charge >= 0.3 is 0 Å². The van der Waals surface area contributed by atoms with Gasteiger partial charge in [-0.2, -0.15) is 0 Å². The zero-order valence-electron chi connectivity index (χ0n) is 2.61. The van der Waals surface area contributed by atoms with Gasteiger partial charge in [0, 0.05) is 0 Å². The van der Waals surface area contributed by atoms with Crippen LogP contribution in [0.1, 0.15) is 0 Å². The van der Waals surface area contributed by atoms with Crippen molar-refractivity contribution >= 4 is 18.8 Å². The summed E-state index contributed by atoms with van der Waals surface area (Å²) < 4.78 is 27.1. The Morgan fingerprint density at radius 1 is 2.00 bits per heavy atom. The molecule has 0 saturated carbocycles. The first-order chi connectivity index (χ1) is 2.27. The van der Waals surface area contributed by atoms with Gasteiger partial charge in [0.05, 0.1) is 0 Å². The Morgan fingerprint density at radius 3 is 2.25 bits per heavy atom. The van der Waals surface area contributed by atoms with Crippen LogP contribution in [0.5, 0.6) is 0 Å². The van der Waals surface area contributed by atoms with E-state index in [1.54, 1.807) is 0 Å². The number of halogens is 2. The van der Waals surface area contributed by atoms with Crippen molar-refractivity contribution in [2.45, 2.75) is 0 Å². The second kappa shape index (κ2) is 1.79. The summed E-state index contributed by atoms with van der Waals surface area (Å²) in [5, 5.41) is 0. The van der Waals surface area contributed by atoms with Crippen LogP contribution in [0.25, 0.3) is 0 Å². The lowest BCUT2D eigenvalue weighted by atomic mass is 18.8. The molecular weight excluding hydrogens is 101 g/mol. The van der Waals surface area contributed by atoms with Gasteiger partial charge in [0.2, 0.25) is 0 Å². The topological polar surface area (TPSA) is 0 Å². The minimum atomic E-state index is -2.68. The highest BCUT2D eigenvalue weighted by molar-refractivity contribution is 8.08. The molecule has 0 aromatic carbocycles. The minimum absolute atomic E-state index is 0.559. The first-order valence-electron chi connectivity index (χ1n) is 0.938. The van der Waals surface area contributed by atoms with Crippen LogP contribution in [0.3, 0.4) is 0 Å². The van der Waals surface area contributed by atoms with Gasteiger partial charge in [-0.15, -0.1) is 7.77 Å². The predicted octanol–water partition coefficient (Wildman–Crippen LogP) is 1.43. The SMILES string of the molecule is [3H]P=S(F)F. The summed E-state index contributed by atoms with van der Waals surface area (Å²) in [7, 11) is -3.24. The van der Waals surface area contributed by atoms with Gasteiger partial charge in [0.15, 0.2) is 10.8 Å². The quantitative estimate of drug-likeness (QED) is 0.408. The van der Waals surface area contributed by atoms with Crippen LogP contribution in [-0.4, -0.2) is 1.28 Å². The Labute approximate surface area is 28.9 Å². The van der Waals surface area contributed by atoms with E-state index in [1.165, 1.54) is 0 Å². The molecule has 0 bridgehead atoms. The van der Waals surface area contributed by atoms with E-state index < -0.39 is 18.8 Å². The van der Waals surface area contributed by atoms with Crippen molar-refractivity contribution in [1.82, 2.24) is 0 Å². The molecule has 0 spiro atoms. The summed E-state index contributed by atoms with van der Waals surface area (Å²) in [4.78, 5) is 0. The van der Waals surface area contributed by atoms with Crippen molar-refractivity contribution < 1.29 is 7.77 Å². The van der Waals surface area contributed by atoms with Crippen LogP contribution < -0.4 is 0 Å². The number of hydrogen-bond donors (Lipinski definition) is 0. The highest BCUT2D eigenvalue weighted by atomic mass is 32.5. The lowest BCUT2D eigenvalue weighted by Crippen LogP contribution is -1.35. The zero-order valence-corrected chi connectivity index (χ0v) is 3.32. The standard InChI is InChI=1S/F2HPS/c1-4(2)3/h3H/i3T. The molecule has 0 unspecified atom stereocenters. The van der Waals surface area contributed by atoms with Crippen LogP contribution in [0.15, 0.2) is 0 Å². The van der Waals surface area contributed by atoms with Crippen molar-refractivity contribution in [3.05, 3.63) is 0 Å². The lowest BCUT2D eigenvalue weighted by molar-refractivity contribution is 0.801. The molecule has 0 fully saturated rings. The minimum Gasteiger partial charge on any atom is -0.135 e. The second-order valence-electron chi connectivity index (χ2n) is 0.196. The lowest BCUT2D eigenvalue weighted by Gasteiger charge is -1.55. The molecule has 4 heavy (non-hydrogen) atoms. The van der Waals surface area contributed by atoms with Gasteiger partial charge < -0.3 is 0 Å². The van der Waals surface area contributed by atoms with Crippen LogP contribution in [0.2, 0.25) is 0 Å². The Balaban J connectivity index is 3.14. The molecule has 0 aliphatic heterocycles. The van der Waals surface area contributed by atoms with Crippen LogP contribution in [0.4, 0.5) is 7.77 Å². The van der Waals surface area contributed by atoms with Crippen molar-refractivity contribution in [2.24, 2.45) is 0 Å². The zero-order chi connectivity index (χ0) is 4.28. The number of rotatable bonds is 0. The molecule has 0 nitrogen and oxygen atoms in total. The molecule has 0 saturated heterocycles. The summed E-state index contributed by atoms with van der Waals surface area (Å²) in [5.74, 6) is 0. The monoisotopic (exact) mass is 104 g/mol. The van der Waals surface area contributed by atoms with Crippen LogP contribution in [-0.2, 0) is 10.8 Å². The molecule has 0 aromatic rings. The molecule has 26 valence electrons. The summed E-state index contributed by atoms with van der Waals surface area (Å²) in [6.45, 7) is 0. The van der Waals surface area contributed by atoms with Gasteiger partial charge in [-0.1, -0.05) is 0 Å². The molecule has 0 aromatic heterocycles. The van der Waals surface area contributed by atoms with E-state index in [4.69, 9.17) is 1.28 Å². The fraction of sp³-hybridized carbons (Fsp3) is 0. The van der Waals surface area contributed by atoms with E-state index >= 15 is 0 Å². The summed E-state index contributed by atoms with van der Waals surface area (Å²) in [5.41, 5.74) is 0. The maximum absolute atomic E-state index is 10.6. The van der Waals surface area contributed by atoms with Crippen molar-refractivity contribution in [2.75, 3.05) is 0 Å². The highest BCUT2D eigenvalue weighted by Crippen LogP contribution is 1.87. The maximum atomic E-state index is 10.6. The van der Waals surface area contributed by atoms with Crippen molar-refractivity contribution in [3.63, 3.8) is 0 Å². The van der Waals surface area contributed by atoms with Gasteiger partial charge in [0.25, 0.3) is 0 Å². The largest absolute Gasteiger partial charge is 0.186 e. The average Bonchev–Trinajstić information content (AvgIpc) is 1.38. The second-order valence-corrected chi connectivity index (χ2v) is 1.42. The molecule has 0 rings (SSSR count). The maximum Gasteiger partial charge on any atom is 0.186 e. The first-order valence-corrected chi connectivity index (χ1v) is 2.57. The summed E-state index contributed by atoms with van der Waals surface area (Å²) in [6, 6.07) is 0. The Hall–Kier alpha value is 0.510. The van der Waals surface area contributed by atoms with Crippen LogP contribution in [0, 0.1) is 0 Å². The fourth-order valence-electron chi connectivity index (χ4n) is 0. The van der Waals surface area contributed by atoms with E-state index in [0.29, 0.717) is 0 Å². The van der Waals surface area contributed by atoms with E-state index in [9.17, 15) is 7.77 Å². The van der Waals surface area contributed by atoms with E-state index in [1.807, 2.05) is 0 Å². The number of hydrogen-bond acceptors (Lipinski definition) is 0. The molecular formula is HF2PS. The summed E-state index contributed by atoms with van der Waals surface area (Å²) in [6.07, 6.45) is 0. The third-order valence-corrected chi connectivity index (χ3v) is 0. The van der Waals surface area contributed by atoms with Crippen molar-refractivity contribution in [3.8, 4) is 0 Å².